The van der Waals surface area contributed by atoms with Crippen molar-refractivity contribution in [2.45, 2.75) is 25.4 Å². The maximum absolute atomic E-state index is 10.9. The minimum Gasteiger partial charge on any atom is -0.461 e. The Morgan fingerprint density at radius 3 is 2.75 bits per heavy atom. The Labute approximate surface area is 72.0 Å². The predicted octanol–water partition coefficient (Wildman–Crippen LogP) is 0.0574. The van der Waals surface area contributed by atoms with E-state index in [1.54, 1.807) is 0 Å². The molecule has 0 aromatic rings. The van der Waals surface area contributed by atoms with Gasteiger partial charge in [0.05, 0.1) is 6.61 Å². The molecule has 0 aromatic heterocycles. The third kappa shape index (κ3) is 3.19. The lowest BCUT2D eigenvalue weighted by molar-refractivity contribution is -0.158. The van der Waals surface area contributed by atoms with E-state index in [4.69, 9.17) is 15.2 Å². The summed E-state index contributed by atoms with van der Waals surface area (Å²) in [4.78, 5) is 10.9. The summed E-state index contributed by atoms with van der Waals surface area (Å²) >= 11 is 0. The van der Waals surface area contributed by atoms with Crippen LogP contribution in [0.25, 0.3) is 0 Å². The molecule has 4 heteroatoms. The molecule has 1 saturated carbocycles. The Morgan fingerprint density at radius 1 is 1.50 bits per heavy atom. The van der Waals surface area contributed by atoms with Crippen LogP contribution in [0, 0.1) is 0 Å². The summed E-state index contributed by atoms with van der Waals surface area (Å²) in [5.41, 5.74) is 5.18. The molecule has 0 unspecified atom stereocenters. The lowest BCUT2D eigenvalue weighted by atomic mass is 9.96. The first kappa shape index (κ1) is 9.48. The lowest BCUT2D eigenvalue weighted by Crippen LogP contribution is -2.27. The van der Waals surface area contributed by atoms with Crippen molar-refractivity contribution in [3.63, 3.8) is 0 Å². The van der Waals surface area contributed by atoms with E-state index in [-0.39, 0.29) is 18.7 Å². The molecule has 12 heavy (non-hydrogen) atoms. The molecule has 0 saturated heterocycles. The highest BCUT2D eigenvalue weighted by molar-refractivity contribution is 5.70. The number of carbonyl (C=O) groups excluding carboxylic acids is 1. The molecule has 2 N–H and O–H groups in total. The van der Waals surface area contributed by atoms with Gasteiger partial charge in [0.15, 0.2) is 0 Å². The molecule has 1 aliphatic rings. The number of carbonyl (C=O) groups is 1. The molecule has 4 nitrogen and oxygen atoms in total. The van der Waals surface area contributed by atoms with Crippen molar-refractivity contribution < 1.29 is 14.3 Å². The van der Waals surface area contributed by atoms with Gasteiger partial charge in [-0.1, -0.05) is 0 Å². The Hall–Kier alpha value is -0.610. The molecular formula is C8H15NO3. The van der Waals surface area contributed by atoms with Crippen molar-refractivity contribution in [3.05, 3.63) is 0 Å². The van der Waals surface area contributed by atoms with Crippen LogP contribution in [0.4, 0.5) is 0 Å². The topological polar surface area (TPSA) is 61.5 Å². The van der Waals surface area contributed by atoms with Gasteiger partial charge in [0.2, 0.25) is 0 Å². The number of hydrogen-bond acceptors (Lipinski definition) is 4. The summed E-state index contributed by atoms with van der Waals surface area (Å²) in [5.74, 6) is -0.270. The molecule has 0 radical (unpaired) electrons. The number of nitrogens with two attached hydrogens (primary N) is 1. The summed E-state index contributed by atoms with van der Waals surface area (Å²) < 4.78 is 9.94. The van der Waals surface area contributed by atoms with Gasteiger partial charge in [0.25, 0.3) is 0 Å². The van der Waals surface area contributed by atoms with E-state index in [0.717, 1.165) is 12.8 Å². The third-order valence-electron chi connectivity index (χ3n) is 1.83. The minimum absolute atomic E-state index is 0.0354. The average Bonchev–Trinajstić information content (AvgIpc) is 1.98. The maximum atomic E-state index is 10.9. The van der Waals surface area contributed by atoms with Crippen LogP contribution in [0.1, 0.15) is 19.3 Å². The molecule has 0 aromatic carbocycles. The van der Waals surface area contributed by atoms with Crippen LogP contribution in [-0.2, 0) is 14.3 Å². The zero-order chi connectivity index (χ0) is 8.81. The van der Waals surface area contributed by atoms with E-state index in [0.29, 0.717) is 13.2 Å². The highest BCUT2D eigenvalue weighted by Crippen LogP contribution is 2.21. The molecule has 1 fully saturated rings. The normalized spacial score (nSPS) is 17.1. The van der Waals surface area contributed by atoms with Crippen LogP contribution in [0.5, 0.6) is 0 Å². The summed E-state index contributed by atoms with van der Waals surface area (Å²) in [6.07, 6.45) is 3.33. The van der Waals surface area contributed by atoms with Crippen LogP contribution in [0.15, 0.2) is 0 Å². The van der Waals surface area contributed by atoms with Gasteiger partial charge in [0, 0.05) is 6.54 Å². The minimum atomic E-state index is -0.270. The van der Waals surface area contributed by atoms with E-state index in [1.807, 2.05) is 0 Å². The summed E-state index contributed by atoms with van der Waals surface area (Å²) in [5, 5.41) is 0. The fourth-order valence-electron chi connectivity index (χ4n) is 0.947. The van der Waals surface area contributed by atoms with Crippen LogP contribution in [-0.4, -0.2) is 31.8 Å². The van der Waals surface area contributed by atoms with Crippen molar-refractivity contribution >= 4 is 5.97 Å². The first-order valence-corrected chi connectivity index (χ1v) is 4.30. The van der Waals surface area contributed by atoms with Gasteiger partial charge < -0.3 is 15.2 Å². The van der Waals surface area contributed by atoms with Crippen molar-refractivity contribution in [3.8, 4) is 0 Å². The van der Waals surface area contributed by atoms with E-state index >= 15 is 0 Å². The molecule has 0 spiro atoms. The van der Waals surface area contributed by atoms with Gasteiger partial charge in [-0.3, -0.25) is 0 Å². The van der Waals surface area contributed by atoms with Crippen molar-refractivity contribution in [2.24, 2.45) is 5.73 Å². The van der Waals surface area contributed by atoms with Crippen molar-refractivity contribution in [1.82, 2.24) is 0 Å². The average molecular weight is 173 g/mol. The van der Waals surface area contributed by atoms with Gasteiger partial charge >= 0.3 is 5.97 Å². The van der Waals surface area contributed by atoms with Crippen LogP contribution in [0.3, 0.4) is 0 Å². The van der Waals surface area contributed by atoms with E-state index in [2.05, 4.69) is 0 Å². The fourth-order valence-corrected chi connectivity index (χ4v) is 0.947. The SMILES string of the molecule is NCCOCC(=O)OC1CCC1. The van der Waals surface area contributed by atoms with Gasteiger partial charge in [0.1, 0.15) is 12.7 Å². The molecule has 1 aliphatic carbocycles. The second kappa shape index (κ2) is 5.11. The smallest absolute Gasteiger partial charge is 0.332 e. The molecule has 0 heterocycles. The van der Waals surface area contributed by atoms with E-state index in [1.165, 1.54) is 6.42 Å². The molecule has 1 rings (SSSR count). The predicted molar refractivity (Wildman–Crippen MR) is 43.6 cm³/mol. The zero-order valence-electron chi connectivity index (χ0n) is 7.12. The standard InChI is InChI=1S/C8H15NO3/c9-4-5-11-6-8(10)12-7-2-1-3-7/h7H,1-6,9H2. The van der Waals surface area contributed by atoms with E-state index < -0.39 is 0 Å². The second-order valence-electron chi connectivity index (χ2n) is 2.88. The molecule has 0 atom stereocenters. The molecule has 0 aliphatic heterocycles. The number of hydrogen-bond donors (Lipinski definition) is 1. The Balaban J connectivity index is 1.95. The third-order valence-corrected chi connectivity index (χ3v) is 1.83. The molecule has 0 bridgehead atoms. The first-order valence-electron chi connectivity index (χ1n) is 4.30. The molecule has 70 valence electrons. The summed E-state index contributed by atoms with van der Waals surface area (Å²) in [6.45, 7) is 0.893. The fraction of sp³-hybridized carbons (Fsp3) is 0.875. The monoisotopic (exact) mass is 173 g/mol. The molecular weight excluding hydrogens is 158 g/mol. The van der Waals surface area contributed by atoms with Crippen LogP contribution < -0.4 is 5.73 Å². The number of rotatable bonds is 5. The van der Waals surface area contributed by atoms with Gasteiger partial charge in [-0.2, -0.15) is 0 Å². The highest BCUT2D eigenvalue weighted by atomic mass is 16.6. The quantitative estimate of drug-likeness (QED) is 0.471. The Bertz CT molecular complexity index is 145. The highest BCUT2D eigenvalue weighted by Gasteiger charge is 2.21. The van der Waals surface area contributed by atoms with Crippen molar-refractivity contribution in [1.29, 1.82) is 0 Å². The van der Waals surface area contributed by atoms with Gasteiger partial charge in [-0.15, -0.1) is 0 Å². The second-order valence-corrected chi connectivity index (χ2v) is 2.88. The Morgan fingerprint density at radius 2 is 2.25 bits per heavy atom. The largest absolute Gasteiger partial charge is 0.461 e. The number of esters is 1. The van der Waals surface area contributed by atoms with Crippen molar-refractivity contribution in [2.75, 3.05) is 19.8 Å². The van der Waals surface area contributed by atoms with Gasteiger partial charge in [-0.25, -0.2) is 4.79 Å². The molecule has 0 amide bonds. The van der Waals surface area contributed by atoms with Crippen LogP contribution >= 0.6 is 0 Å². The first-order chi connectivity index (χ1) is 5.83. The lowest BCUT2D eigenvalue weighted by Gasteiger charge is -2.24. The number of ether oxygens (including phenoxy) is 2. The summed E-state index contributed by atoms with van der Waals surface area (Å²) in [6, 6.07) is 0. The maximum Gasteiger partial charge on any atom is 0.332 e. The Kier molecular flexibility index (Phi) is 4.04. The van der Waals surface area contributed by atoms with Crippen LogP contribution in [0.2, 0.25) is 0 Å². The zero-order valence-corrected chi connectivity index (χ0v) is 7.12. The summed E-state index contributed by atoms with van der Waals surface area (Å²) in [7, 11) is 0. The van der Waals surface area contributed by atoms with Gasteiger partial charge in [-0.05, 0) is 19.3 Å². The van der Waals surface area contributed by atoms with E-state index in [9.17, 15) is 4.79 Å².